The first-order valence-electron chi connectivity index (χ1n) is 14.7. The number of Topliss-reactive ketones (excluding diaryl/α,β-unsaturated/α-hetero) is 1. The van der Waals surface area contributed by atoms with Gasteiger partial charge in [-0.05, 0) is 64.3 Å². The van der Waals surface area contributed by atoms with Gasteiger partial charge in [0.1, 0.15) is 18.3 Å². The summed E-state index contributed by atoms with van der Waals surface area (Å²) in [6.07, 6.45) is 7.57. The van der Waals surface area contributed by atoms with Crippen LogP contribution in [0.3, 0.4) is 0 Å². The number of carbonyl (C=O) groups is 4. The average molecular weight is 536 g/mol. The number of carbonyl (C=O) groups excluding carboxylic acids is 4. The van der Waals surface area contributed by atoms with Crippen LogP contribution in [0, 0.1) is 11.8 Å². The number of nitrogens with two attached hydrogens (primary N) is 1. The van der Waals surface area contributed by atoms with Crippen molar-refractivity contribution in [3.8, 4) is 0 Å². The number of hydrogen-bond donors (Lipinski definition) is 4. The van der Waals surface area contributed by atoms with Crippen LogP contribution in [0.5, 0.6) is 0 Å². The highest BCUT2D eigenvalue weighted by Crippen LogP contribution is 2.30. The Morgan fingerprint density at radius 1 is 1.00 bits per heavy atom. The monoisotopic (exact) mass is 535 g/mol. The minimum Gasteiger partial charge on any atom is -0.379 e. The van der Waals surface area contributed by atoms with Gasteiger partial charge in [-0.2, -0.15) is 0 Å². The first kappa shape index (κ1) is 30.5. The van der Waals surface area contributed by atoms with Gasteiger partial charge in [-0.3, -0.25) is 24.1 Å². The zero-order valence-electron chi connectivity index (χ0n) is 23.5. The van der Waals surface area contributed by atoms with Crippen molar-refractivity contribution in [2.24, 2.45) is 17.6 Å². The predicted octanol–water partition coefficient (Wildman–Crippen LogP) is 1.29. The third kappa shape index (κ3) is 7.76. The van der Waals surface area contributed by atoms with Gasteiger partial charge in [0.2, 0.25) is 17.7 Å². The van der Waals surface area contributed by atoms with Gasteiger partial charge >= 0.3 is 0 Å². The number of nitrogens with one attached hydrogen (secondary N) is 2. The van der Waals surface area contributed by atoms with Gasteiger partial charge in [-0.15, -0.1) is 0 Å². The van der Waals surface area contributed by atoms with E-state index in [1.807, 2.05) is 18.7 Å². The minimum atomic E-state index is -0.813. The smallest absolute Gasteiger partial charge is 0.243 e. The summed E-state index contributed by atoms with van der Waals surface area (Å²) in [5, 5.41) is 15.9. The van der Waals surface area contributed by atoms with E-state index in [0.29, 0.717) is 51.7 Å². The molecule has 5 N–H and O–H groups in total. The lowest BCUT2D eigenvalue weighted by molar-refractivity contribution is -0.143. The maximum atomic E-state index is 13.5. The number of aliphatic hydroxyl groups is 1. The van der Waals surface area contributed by atoms with Crippen LogP contribution in [0.4, 0.5) is 0 Å². The van der Waals surface area contributed by atoms with Crippen LogP contribution in [0.2, 0.25) is 0 Å². The Balaban J connectivity index is 1.70. The van der Waals surface area contributed by atoms with Crippen LogP contribution in [0.1, 0.15) is 91.4 Å². The fourth-order valence-electron chi connectivity index (χ4n) is 6.33. The molecule has 2 aliphatic heterocycles. The first-order chi connectivity index (χ1) is 18.1. The lowest BCUT2D eigenvalue weighted by Crippen LogP contribution is -2.58. The number of aliphatic hydroxyl groups excluding tert-OH is 1. The summed E-state index contributed by atoms with van der Waals surface area (Å²) in [7, 11) is 0. The number of nitrogens with zero attached hydrogens (tertiary/aromatic N) is 2. The molecule has 216 valence electrons. The summed E-state index contributed by atoms with van der Waals surface area (Å²) in [4.78, 5) is 56.7. The summed E-state index contributed by atoms with van der Waals surface area (Å²) in [6, 6.07) is -2.05. The molecule has 0 radical (unpaired) electrons. The molecule has 0 aromatic heterocycles. The highest BCUT2D eigenvalue weighted by molar-refractivity contribution is 5.95. The Hall–Kier alpha value is -2.04. The molecule has 3 aliphatic rings. The lowest BCUT2D eigenvalue weighted by Gasteiger charge is -2.36. The molecule has 10 nitrogen and oxygen atoms in total. The molecule has 3 amide bonds. The van der Waals surface area contributed by atoms with Gasteiger partial charge in [0.25, 0.3) is 0 Å². The molecule has 1 saturated carbocycles. The zero-order valence-corrected chi connectivity index (χ0v) is 23.5. The topological polar surface area (TPSA) is 145 Å². The van der Waals surface area contributed by atoms with E-state index in [1.54, 1.807) is 11.8 Å². The van der Waals surface area contributed by atoms with Gasteiger partial charge in [0, 0.05) is 31.5 Å². The zero-order chi connectivity index (χ0) is 27.8. The Bertz CT molecular complexity index is 828. The highest BCUT2D eigenvalue weighted by atomic mass is 16.3. The number of rotatable bonds is 11. The van der Waals surface area contributed by atoms with E-state index in [9.17, 15) is 24.3 Å². The standard InChI is InChI=1S/C28H49N5O5/c1-18(2)26(36)25(20-8-5-4-6-9-20)31-27(37)22(10-7-15-29)30-28(38)23-12-11-21-13-16-32(19(3)34)17-14-24(35)33(21)23/h18-23,25,34H,4-17,29H2,1-3H3,(H,30,38)(H,31,37)/t19?,21-,22+,23+,25+/m1/s1. The van der Waals surface area contributed by atoms with Crippen molar-refractivity contribution >= 4 is 23.5 Å². The predicted molar refractivity (Wildman–Crippen MR) is 145 cm³/mol. The Labute approximate surface area is 227 Å². The molecule has 5 atom stereocenters. The van der Waals surface area contributed by atoms with Gasteiger partial charge in [-0.25, -0.2) is 0 Å². The quantitative estimate of drug-likeness (QED) is 0.312. The van der Waals surface area contributed by atoms with E-state index in [0.717, 1.165) is 32.1 Å². The molecule has 2 saturated heterocycles. The third-order valence-electron chi connectivity index (χ3n) is 8.61. The van der Waals surface area contributed by atoms with Gasteiger partial charge in [0.05, 0.1) is 6.04 Å². The van der Waals surface area contributed by atoms with Crippen molar-refractivity contribution in [1.82, 2.24) is 20.4 Å². The molecule has 0 spiro atoms. The van der Waals surface area contributed by atoms with Crippen LogP contribution < -0.4 is 16.4 Å². The van der Waals surface area contributed by atoms with Crippen LogP contribution in [0.25, 0.3) is 0 Å². The lowest BCUT2D eigenvalue weighted by atomic mass is 9.80. The third-order valence-corrected chi connectivity index (χ3v) is 8.61. The minimum absolute atomic E-state index is 0.0326. The average Bonchev–Trinajstić information content (AvgIpc) is 3.31. The van der Waals surface area contributed by atoms with Crippen LogP contribution in [0.15, 0.2) is 0 Å². The highest BCUT2D eigenvalue weighted by Gasteiger charge is 2.43. The van der Waals surface area contributed by atoms with Crippen molar-refractivity contribution in [2.75, 3.05) is 19.6 Å². The van der Waals surface area contributed by atoms with E-state index in [-0.39, 0.29) is 47.8 Å². The van der Waals surface area contributed by atoms with Crippen molar-refractivity contribution in [2.45, 2.75) is 122 Å². The molecule has 0 bridgehead atoms. The van der Waals surface area contributed by atoms with Gasteiger partial charge in [-0.1, -0.05) is 33.1 Å². The second kappa shape index (κ2) is 14.4. The Kier molecular flexibility index (Phi) is 11.5. The van der Waals surface area contributed by atoms with E-state index in [1.165, 1.54) is 0 Å². The molecule has 0 aromatic carbocycles. The largest absolute Gasteiger partial charge is 0.379 e. The maximum absolute atomic E-state index is 13.5. The maximum Gasteiger partial charge on any atom is 0.243 e. The van der Waals surface area contributed by atoms with E-state index in [4.69, 9.17) is 5.73 Å². The molecule has 2 heterocycles. The SMILES string of the molecule is CC(C)C(=O)[C@@H](NC(=O)[C@H](CCCN)NC(=O)[C@@H]1CC[C@@H]2CCN(C(C)O)CCC(=O)N21)C1CCCCC1. The van der Waals surface area contributed by atoms with Crippen LogP contribution >= 0.6 is 0 Å². The van der Waals surface area contributed by atoms with Crippen LogP contribution in [-0.4, -0.2) is 88.4 Å². The number of hydrogen-bond acceptors (Lipinski definition) is 7. The van der Waals surface area contributed by atoms with E-state index < -0.39 is 24.4 Å². The van der Waals surface area contributed by atoms with Crippen molar-refractivity contribution in [3.63, 3.8) is 0 Å². The molecule has 1 aliphatic carbocycles. The summed E-state index contributed by atoms with van der Waals surface area (Å²) < 4.78 is 0. The van der Waals surface area contributed by atoms with Gasteiger partial charge in [0.15, 0.2) is 5.78 Å². The van der Waals surface area contributed by atoms with Crippen molar-refractivity contribution in [1.29, 1.82) is 0 Å². The first-order valence-corrected chi connectivity index (χ1v) is 14.7. The van der Waals surface area contributed by atoms with Crippen molar-refractivity contribution in [3.05, 3.63) is 0 Å². The fraction of sp³-hybridized carbons (Fsp3) is 0.857. The molecule has 3 fully saturated rings. The molecular weight excluding hydrogens is 486 g/mol. The summed E-state index contributed by atoms with van der Waals surface area (Å²) in [5.74, 6) is -0.819. The normalized spacial score (nSPS) is 25.7. The second-order valence-corrected chi connectivity index (χ2v) is 11.7. The number of fused-ring (bicyclic) bond motifs is 1. The summed E-state index contributed by atoms with van der Waals surface area (Å²) in [6.45, 7) is 6.91. The van der Waals surface area contributed by atoms with E-state index >= 15 is 0 Å². The number of ketones is 1. The second-order valence-electron chi connectivity index (χ2n) is 11.7. The summed E-state index contributed by atoms with van der Waals surface area (Å²) >= 11 is 0. The molecule has 3 rings (SSSR count). The molecule has 0 aromatic rings. The molecular formula is C28H49N5O5. The summed E-state index contributed by atoms with van der Waals surface area (Å²) in [5.41, 5.74) is 5.73. The molecule has 10 heteroatoms. The fourth-order valence-corrected chi connectivity index (χ4v) is 6.33. The Morgan fingerprint density at radius 3 is 2.34 bits per heavy atom. The number of amides is 3. The molecule has 1 unspecified atom stereocenters. The Morgan fingerprint density at radius 2 is 1.71 bits per heavy atom. The molecule has 38 heavy (non-hydrogen) atoms. The van der Waals surface area contributed by atoms with Crippen molar-refractivity contribution < 1.29 is 24.3 Å². The van der Waals surface area contributed by atoms with E-state index in [2.05, 4.69) is 10.6 Å². The van der Waals surface area contributed by atoms with Crippen LogP contribution in [-0.2, 0) is 19.2 Å². The van der Waals surface area contributed by atoms with Gasteiger partial charge < -0.3 is 26.4 Å².